The molecule has 0 radical (unpaired) electrons. The van der Waals surface area contributed by atoms with Gasteiger partial charge in [0.1, 0.15) is 0 Å². The van der Waals surface area contributed by atoms with Crippen molar-refractivity contribution >= 4 is 23.1 Å². The minimum absolute atomic E-state index is 0.931. The molecule has 2 aromatic carbocycles. The second-order valence-electron chi connectivity index (χ2n) is 5.00. The molecule has 0 fully saturated rings. The standard InChI is InChI=1S/C18H17NS2/c1-14-7-9-15(10-8-14)11-18-19-16(13-21-18)12-20-17-5-3-2-4-6-17/h2-10,13H,11-12H2,1H3. The van der Waals surface area contributed by atoms with Gasteiger partial charge in [0.25, 0.3) is 0 Å². The van der Waals surface area contributed by atoms with E-state index in [-0.39, 0.29) is 0 Å². The first-order chi connectivity index (χ1) is 10.3. The van der Waals surface area contributed by atoms with Crippen molar-refractivity contribution in [2.45, 2.75) is 24.0 Å². The first-order valence-corrected chi connectivity index (χ1v) is 8.83. The van der Waals surface area contributed by atoms with Crippen LogP contribution in [0.2, 0.25) is 0 Å². The lowest BCUT2D eigenvalue weighted by molar-refractivity contribution is 1.09. The van der Waals surface area contributed by atoms with Gasteiger partial charge in [0.15, 0.2) is 0 Å². The summed E-state index contributed by atoms with van der Waals surface area (Å²) in [6.07, 6.45) is 0.931. The molecule has 0 saturated heterocycles. The van der Waals surface area contributed by atoms with Crippen molar-refractivity contribution in [2.24, 2.45) is 0 Å². The molecular formula is C18H17NS2. The Kier molecular flexibility index (Phi) is 4.73. The predicted molar refractivity (Wildman–Crippen MR) is 92.1 cm³/mol. The number of aryl methyl sites for hydroxylation is 1. The summed E-state index contributed by atoms with van der Waals surface area (Å²) in [5, 5.41) is 3.38. The first-order valence-electron chi connectivity index (χ1n) is 6.96. The van der Waals surface area contributed by atoms with Crippen molar-refractivity contribution in [3.8, 4) is 0 Å². The van der Waals surface area contributed by atoms with E-state index in [2.05, 4.69) is 60.8 Å². The Morgan fingerprint density at radius 3 is 2.52 bits per heavy atom. The Labute approximate surface area is 134 Å². The van der Waals surface area contributed by atoms with Crippen molar-refractivity contribution in [2.75, 3.05) is 0 Å². The van der Waals surface area contributed by atoms with Crippen molar-refractivity contribution in [3.05, 3.63) is 81.8 Å². The second-order valence-corrected chi connectivity index (χ2v) is 6.99. The lowest BCUT2D eigenvalue weighted by atomic mass is 10.1. The third-order valence-corrected chi connectivity index (χ3v) is 5.15. The third-order valence-electron chi connectivity index (χ3n) is 3.21. The fourth-order valence-electron chi connectivity index (χ4n) is 2.05. The van der Waals surface area contributed by atoms with Gasteiger partial charge < -0.3 is 0 Å². The zero-order valence-corrected chi connectivity index (χ0v) is 13.6. The van der Waals surface area contributed by atoms with Crippen LogP contribution in [0.4, 0.5) is 0 Å². The molecule has 1 aromatic heterocycles. The normalized spacial score (nSPS) is 10.7. The summed E-state index contributed by atoms with van der Waals surface area (Å²) in [7, 11) is 0. The highest BCUT2D eigenvalue weighted by Gasteiger charge is 2.04. The molecule has 21 heavy (non-hydrogen) atoms. The maximum atomic E-state index is 4.74. The van der Waals surface area contributed by atoms with Crippen LogP contribution in [0.3, 0.4) is 0 Å². The van der Waals surface area contributed by atoms with E-state index < -0.39 is 0 Å². The molecule has 1 heterocycles. The van der Waals surface area contributed by atoms with E-state index in [4.69, 9.17) is 4.98 Å². The number of hydrogen-bond acceptors (Lipinski definition) is 3. The summed E-state index contributed by atoms with van der Waals surface area (Å²) in [6.45, 7) is 2.12. The Morgan fingerprint density at radius 2 is 1.76 bits per heavy atom. The summed E-state index contributed by atoms with van der Waals surface area (Å²) in [4.78, 5) is 6.04. The number of rotatable bonds is 5. The lowest BCUT2D eigenvalue weighted by Gasteiger charge is -1.99. The van der Waals surface area contributed by atoms with Crippen LogP contribution in [0.25, 0.3) is 0 Å². The number of thioether (sulfide) groups is 1. The fourth-order valence-corrected chi connectivity index (χ4v) is 3.80. The zero-order valence-electron chi connectivity index (χ0n) is 12.0. The molecule has 0 aliphatic heterocycles. The van der Waals surface area contributed by atoms with Crippen LogP contribution in [-0.2, 0) is 12.2 Å². The van der Waals surface area contributed by atoms with E-state index in [1.54, 1.807) is 11.3 Å². The van der Waals surface area contributed by atoms with E-state index >= 15 is 0 Å². The Balaban J connectivity index is 1.59. The highest BCUT2D eigenvalue weighted by atomic mass is 32.2. The largest absolute Gasteiger partial charge is 0.245 e. The minimum atomic E-state index is 0.931. The number of nitrogens with zero attached hydrogens (tertiary/aromatic N) is 1. The molecular weight excluding hydrogens is 294 g/mol. The van der Waals surface area contributed by atoms with Crippen LogP contribution in [0, 0.1) is 6.92 Å². The second kappa shape index (κ2) is 6.92. The summed E-state index contributed by atoms with van der Waals surface area (Å²) < 4.78 is 0. The summed E-state index contributed by atoms with van der Waals surface area (Å²) in [5.41, 5.74) is 3.81. The highest BCUT2D eigenvalue weighted by Crippen LogP contribution is 2.24. The van der Waals surface area contributed by atoms with Crippen LogP contribution in [0.5, 0.6) is 0 Å². The van der Waals surface area contributed by atoms with Gasteiger partial charge in [-0.1, -0.05) is 48.0 Å². The molecule has 3 heteroatoms. The molecule has 3 rings (SSSR count). The molecule has 0 amide bonds. The van der Waals surface area contributed by atoms with E-state index in [9.17, 15) is 0 Å². The quantitative estimate of drug-likeness (QED) is 0.590. The van der Waals surface area contributed by atoms with E-state index in [0.717, 1.165) is 12.2 Å². The fraction of sp³-hybridized carbons (Fsp3) is 0.167. The lowest BCUT2D eigenvalue weighted by Crippen LogP contribution is -1.88. The van der Waals surface area contributed by atoms with E-state index in [1.807, 2.05) is 17.8 Å². The van der Waals surface area contributed by atoms with Gasteiger partial charge in [-0.2, -0.15) is 0 Å². The smallest absolute Gasteiger partial charge is 0.0972 e. The molecule has 1 nitrogen and oxygen atoms in total. The summed E-state index contributed by atoms with van der Waals surface area (Å²) in [6, 6.07) is 19.2. The predicted octanol–water partition coefficient (Wildman–Crippen LogP) is 5.33. The van der Waals surface area contributed by atoms with Crippen molar-refractivity contribution in [1.29, 1.82) is 0 Å². The van der Waals surface area contributed by atoms with Crippen LogP contribution in [0.15, 0.2) is 64.9 Å². The van der Waals surface area contributed by atoms with Gasteiger partial charge in [-0.25, -0.2) is 4.98 Å². The molecule has 0 N–H and O–H groups in total. The van der Waals surface area contributed by atoms with Gasteiger partial charge in [0.05, 0.1) is 10.7 Å². The SMILES string of the molecule is Cc1ccc(Cc2nc(CSc3ccccc3)cs2)cc1. The van der Waals surface area contributed by atoms with Gasteiger partial charge in [-0.3, -0.25) is 0 Å². The van der Waals surface area contributed by atoms with Crippen molar-refractivity contribution in [1.82, 2.24) is 4.98 Å². The molecule has 0 aliphatic rings. The molecule has 0 spiro atoms. The van der Waals surface area contributed by atoms with Gasteiger partial charge >= 0.3 is 0 Å². The average Bonchev–Trinajstić information content (AvgIpc) is 2.96. The minimum Gasteiger partial charge on any atom is -0.245 e. The molecule has 0 bridgehead atoms. The highest BCUT2D eigenvalue weighted by molar-refractivity contribution is 7.98. The van der Waals surface area contributed by atoms with Gasteiger partial charge in [-0.05, 0) is 24.6 Å². The summed E-state index contributed by atoms with van der Waals surface area (Å²) >= 11 is 3.60. The zero-order chi connectivity index (χ0) is 14.5. The number of benzene rings is 2. The molecule has 0 saturated carbocycles. The number of hydrogen-bond donors (Lipinski definition) is 0. The molecule has 0 atom stereocenters. The Bertz CT molecular complexity index is 687. The van der Waals surface area contributed by atoms with Crippen LogP contribution < -0.4 is 0 Å². The third kappa shape index (κ3) is 4.19. The molecule has 106 valence electrons. The van der Waals surface area contributed by atoms with Crippen molar-refractivity contribution < 1.29 is 0 Å². The average molecular weight is 311 g/mol. The number of aromatic nitrogens is 1. The Morgan fingerprint density at radius 1 is 1.00 bits per heavy atom. The molecule has 0 aliphatic carbocycles. The number of thiazole rings is 1. The maximum absolute atomic E-state index is 4.74. The first kappa shape index (κ1) is 14.4. The van der Waals surface area contributed by atoms with Gasteiger partial charge in [0.2, 0.25) is 0 Å². The monoisotopic (exact) mass is 311 g/mol. The van der Waals surface area contributed by atoms with Gasteiger partial charge in [0, 0.05) is 22.4 Å². The Hall–Kier alpha value is -1.58. The van der Waals surface area contributed by atoms with Crippen LogP contribution >= 0.6 is 23.1 Å². The summed E-state index contributed by atoms with van der Waals surface area (Å²) in [5.74, 6) is 0.939. The van der Waals surface area contributed by atoms with Crippen molar-refractivity contribution in [3.63, 3.8) is 0 Å². The maximum Gasteiger partial charge on any atom is 0.0972 e. The topological polar surface area (TPSA) is 12.9 Å². The van der Waals surface area contributed by atoms with E-state index in [0.29, 0.717) is 0 Å². The molecule has 3 aromatic rings. The van der Waals surface area contributed by atoms with Crippen LogP contribution in [-0.4, -0.2) is 4.98 Å². The van der Waals surface area contributed by atoms with E-state index in [1.165, 1.54) is 26.7 Å². The van der Waals surface area contributed by atoms with Crippen LogP contribution in [0.1, 0.15) is 21.8 Å². The molecule has 0 unspecified atom stereocenters. The van der Waals surface area contributed by atoms with Gasteiger partial charge in [-0.15, -0.1) is 23.1 Å².